The number of nitrogens with one attached hydrogen (secondary N) is 1. The van der Waals surface area contributed by atoms with Crippen molar-refractivity contribution in [3.63, 3.8) is 0 Å². The summed E-state index contributed by atoms with van der Waals surface area (Å²) in [6.07, 6.45) is 1.66. The first kappa shape index (κ1) is 38.2. The van der Waals surface area contributed by atoms with E-state index in [0.717, 1.165) is 56.1 Å². The van der Waals surface area contributed by atoms with E-state index in [4.69, 9.17) is 21.1 Å². The molecule has 2 aliphatic rings. The molecule has 0 bridgehead atoms. The normalized spacial score (nSPS) is 16.3. The summed E-state index contributed by atoms with van der Waals surface area (Å²) < 4.78 is 40.1. The molecule has 1 N–H and O–H groups in total. The predicted octanol–water partition coefficient (Wildman–Crippen LogP) is 7.58. The quantitative estimate of drug-likeness (QED) is 0.152. The second kappa shape index (κ2) is 18.5. The number of halogens is 3. The average molecular weight is 745 g/mol. The highest BCUT2D eigenvalue weighted by Gasteiger charge is 2.37. The number of carbonyl (C=O) groups is 2. The molecule has 2 fully saturated rings. The summed E-state index contributed by atoms with van der Waals surface area (Å²) in [6.45, 7) is 6.50. The first-order chi connectivity index (χ1) is 25.8. The summed E-state index contributed by atoms with van der Waals surface area (Å²) in [6, 6.07) is 27.5. The van der Waals surface area contributed by atoms with E-state index < -0.39 is 23.8 Å². The number of benzene rings is 4. The van der Waals surface area contributed by atoms with Crippen LogP contribution < -0.4 is 10.1 Å². The molecule has 0 saturated carbocycles. The maximum atomic E-state index is 14.8. The molecule has 0 unspecified atom stereocenters. The number of rotatable bonds is 13. The monoisotopic (exact) mass is 744 g/mol. The smallest absolute Gasteiger partial charge is 0.408 e. The SMILES string of the molecule is CCOc1ccc(F)c(F)c1CN1CCN(C(=O)[C@H](NC(=O)OCc2ccccc2)C2CCN(CCc3cc(Cl)ccc3-c3ccccc3)CC2)CC1. The lowest BCUT2D eigenvalue weighted by Crippen LogP contribution is -2.58. The van der Waals surface area contributed by atoms with Crippen molar-refractivity contribution in [1.29, 1.82) is 0 Å². The van der Waals surface area contributed by atoms with E-state index >= 15 is 0 Å². The standard InChI is InChI=1S/C42H47ClF2N4O4/c1-2-52-38-16-15-37(44)39(45)36(38)28-48-23-25-49(26-24-48)41(50)40(46-42(51)53-29-30-9-5-3-6-10-30)32-17-20-47(21-18-32)22-19-33-27-34(43)13-14-35(33)31-11-7-4-8-12-31/h3-16,27,32,40H,2,17-26,28-29H2,1H3,(H,46,51)/t40-/m1/s1. The molecular weight excluding hydrogens is 698 g/mol. The summed E-state index contributed by atoms with van der Waals surface area (Å²) in [5, 5.41) is 3.65. The Morgan fingerprint density at radius 3 is 2.26 bits per heavy atom. The molecule has 0 spiro atoms. The molecule has 0 radical (unpaired) electrons. The Morgan fingerprint density at radius 1 is 0.868 bits per heavy atom. The van der Waals surface area contributed by atoms with Crippen LogP contribution in [0.1, 0.15) is 36.5 Å². The van der Waals surface area contributed by atoms with Gasteiger partial charge in [-0.15, -0.1) is 0 Å². The molecule has 0 aromatic heterocycles. The number of hydrogen-bond acceptors (Lipinski definition) is 6. The van der Waals surface area contributed by atoms with Crippen LogP contribution in [0.25, 0.3) is 11.1 Å². The molecule has 4 aromatic carbocycles. The predicted molar refractivity (Wildman–Crippen MR) is 203 cm³/mol. The fourth-order valence-corrected chi connectivity index (χ4v) is 7.48. The van der Waals surface area contributed by atoms with Crippen LogP contribution in [0, 0.1) is 17.6 Å². The van der Waals surface area contributed by atoms with Gasteiger partial charge >= 0.3 is 6.09 Å². The first-order valence-electron chi connectivity index (χ1n) is 18.4. The molecule has 2 amide bonds. The van der Waals surface area contributed by atoms with E-state index in [1.54, 1.807) is 11.8 Å². The van der Waals surface area contributed by atoms with Crippen molar-refractivity contribution >= 4 is 23.6 Å². The first-order valence-corrected chi connectivity index (χ1v) is 18.8. The minimum atomic E-state index is -0.919. The van der Waals surface area contributed by atoms with Crippen molar-refractivity contribution in [2.75, 3.05) is 52.4 Å². The van der Waals surface area contributed by atoms with Crippen molar-refractivity contribution < 1.29 is 27.8 Å². The van der Waals surface area contributed by atoms with Gasteiger partial charge in [0, 0.05) is 49.9 Å². The van der Waals surface area contributed by atoms with Crippen molar-refractivity contribution in [3.05, 3.63) is 124 Å². The van der Waals surface area contributed by atoms with Gasteiger partial charge in [0.25, 0.3) is 0 Å². The van der Waals surface area contributed by atoms with Crippen molar-refractivity contribution in [1.82, 2.24) is 20.0 Å². The number of ether oxygens (including phenoxy) is 2. The minimum absolute atomic E-state index is 0.0813. The van der Waals surface area contributed by atoms with E-state index in [9.17, 15) is 18.4 Å². The van der Waals surface area contributed by atoms with E-state index in [0.29, 0.717) is 43.6 Å². The molecular formula is C42H47ClF2N4O4. The zero-order chi connectivity index (χ0) is 37.2. The van der Waals surface area contributed by atoms with Crippen molar-refractivity contribution in [2.45, 2.75) is 45.4 Å². The van der Waals surface area contributed by atoms with Crippen LogP contribution in [0.5, 0.6) is 5.75 Å². The van der Waals surface area contributed by atoms with Gasteiger partial charge in [0.2, 0.25) is 5.91 Å². The highest BCUT2D eigenvalue weighted by Crippen LogP contribution is 2.29. The van der Waals surface area contributed by atoms with E-state index in [1.165, 1.54) is 17.2 Å². The molecule has 280 valence electrons. The molecule has 11 heteroatoms. The van der Waals surface area contributed by atoms with Gasteiger partial charge in [-0.05, 0) is 91.7 Å². The summed E-state index contributed by atoms with van der Waals surface area (Å²) in [7, 11) is 0. The van der Waals surface area contributed by atoms with Crippen LogP contribution in [-0.2, 0) is 29.1 Å². The fourth-order valence-electron chi connectivity index (χ4n) is 7.29. The van der Waals surface area contributed by atoms with Crippen molar-refractivity contribution in [3.8, 4) is 16.9 Å². The summed E-state index contributed by atoms with van der Waals surface area (Å²) in [4.78, 5) is 33.5. The maximum absolute atomic E-state index is 14.8. The van der Waals surface area contributed by atoms with Gasteiger partial charge in [0.1, 0.15) is 18.4 Å². The molecule has 2 heterocycles. The molecule has 0 aliphatic carbocycles. The third-order valence-corrected chi connectivity index (χ3v) is 10.5. The van der Waals surface area contributed by atoms with Crippen LogP contribution in [0.4, 0.5) is 13.6 Å². The second-order valence-corrected chi connectivity index (χ2v) is 14.1. The number of likely N-dealkylation sites (tertiary alicyclic amines) is 1. The highest BCUT2D eigenvalue weighted by atomic mass is 35.5. The summed E-state index contributed by atoms with van der Waals surface area (Å²) >= 11 is 6.42. The Balaban J connectivity index is 1.08. The van der Waals surface area contributed by atoms with E-state index in [2.05, 4.69) is 28.4 Å². The van der Waals surface area contributed by atoms with E-state index in [1.807, 2.05) is 65.6 Å². The van der Waals surface area contributed by atoms with Gasteiger partial charge in [-0.1, -0.05) is 78.3 Å². The number of nitrogens with zero attached hydrogens (tertiary/aromatic N) is 3. The number of hydrogen-bond donors (Lipinski definition) is 1. The van der Waals surface area contributed by atoms with Crippen LogP contribution in [-0.4, -0.2) is 85.2 Å². The number of amides is 2. The maximum Gasteiger partial charge on any atom is 0.408 e. The van der Waals surface area contributed by atoms with Crippen LogP contribution in [0.2, 0.25) is 5.02 Å². The van der Waals surface area contributed by atoms with Crippen LogP contribution in [0.15, 0.2) is 91.0 Å². The Morgan fingerprint density at radius 2 is 1.57 bits per heavy atom. The molecule has 53 heavy (non-hydrogen) atoms. The number of alkyl carbamates (subject to hydrolysis) is 1. The zero-order valence-electron chi connectivity index (χ0n) is 30.1. The number of piperazine rings is 1. The van der Waals surface area contributed by atoms with Gasteiger partial charge in [-0.2, -0.15) is 0 Å². The topological polar surface area (TPSA) is 74.3 Å². The average Bonchev–Trinajstić information content (AvgIpc) is 3.19. The number of carbonyl (C=O) groups excluding carboxylic acids is 2. The summed E-state index contributed by atoms with van der Waals surface area (Å²) in [5.41, 5.74) is 4.54. The lowest BCUT2D eigenvalue weighted by atomic mass is 9.88. The van der Waals surface area contributed by atoms with Crippen LogP contribution in [0.3, 0.4) is 0 Å². The Labute approximate surface area is 315 Å². The van der Waals surface area contributed by atoms with E-state index in [-0.39, 0.29) is 30.5 Å². The third-order valence-electron chi connectivity index (χ3n) is 10.2. The van der Waals surface area contributed by atoms with Gasteiger partial charge in [-0.3, -0.25) is 9.69 Å². The Bertz CT molecular complexity index is 1820. The minimum Gasteiger partial charge on any atom is -0.493 e. The highest BCUT2D eigenvalue weighted by molar-refractivity contribution is 6.30. The Hall–Kier alpha value is -4.51. The molecule has 6 rings (SSSR count). The van der Waals surface area contributed by atoms with Gasteiger partial charge in [0.05, 0.1) is 6.61 Å². The van der Waals surface area contributed by atoms with Crippen LogP contribution >= 0.6 is 11.6 Å². The largest absolute Gasteiger partial charge is 0.493 e. The van der Waals surface area contributed by atoms with Crippen molar-refractivity contribution in [2.24, 2.45) is 5.92 Å². The van der Waals surface area contributed by atoms with Gasteiger partial charge in [0.15, 0.2) is 11.6 Å². The van der Waals surface area contributed by atoms with Gasteiger partial charge < -0.3 is 24.6 Å². The fraction of sp³-hybridized carbons (Fsp3) is 0.381. The lowest BCUT2D eigenvalue weighted by Gasteiger charge is -2.40. The lowest BCUT2D eigenvalue weighted by molar-refractivity contribution is -0.137. The Kier molecular flexibility index (Phi) is 13.3. The third kappa shape index (κ3) is 10.1. The zero-order valence-corrected chi connectivity index (χ0v) is 30.9. The molecule has 2 saturated heterocycles. The second-order valence-electron chi connectivity index (χ2n) is 13.7. The molecule has 2 aliphatic heterocycles. The summed E-state index contributed by atoms with van der Waals surface area (Å²) in [5.74, 6) is -1.75. The molecule has 1 atom stereocenters. The molecule has 8 nitrogen and oxygen atoms in total. The number of piperidine rings is 1. The molecule has 4 aromatic rings. The van der Waals surface area contributed by atoms with Gasteiger partial charge in [-0.25, -0.2) is 13.6 Å².